The van der Waals surface area contributed by atoms with Crippen molar-refractivity contribution in [3.05, 3.63) is 83.3 Å². The van der Waals surface area contributed by atoms with Gasteiger partial charge in [-0.15, -0.1) is 10.2 Å². The van der Waals surface area contributed by atoms with Gasteiger partial charge in [-0.1, -0.05) is 70.2 Å². The van der Waals surface area contributed by atoms with E-state index in [4.69, 9.17) is 9.15 Å². The molecule has 4 rings (SSSR count). The number of benzene rings is 2. The van der Waals surface area contributed by atoms with Crippen molar-refractivity contribution in [2.24, 2.45) is 11.8 Å². The van der Waals surface area contributed by atoms with Crippen LogP contribution in [0, 0.1) is 17.7 Å². The highest BCUT2D eigenvalue weighted by atomic mass is 19.1. The molecule has 0 spiro atoms. The SMILES string of the molecule is CC(C)[C@H](NC(=O)OCc1ccccc1)C(=O)N1CCC[C@H]1C(=O)N[C@@H](C(=O)c1nnc(C(C)(C)c2ccc(F)cc2)o1)C(C)C. The molecule has 0 saturated carbocycles. The van der Waals surface area contributed by atoms with Gasteiger partial charge in [0, 0.05) is 6.54 Å². The van der Waals surface area contributed by atoms with Crippen molar-refractivity contribution >= 4 is 23.7 Å². The molecule has 3 atom stereocenters. The first kappa shape index (κ1) is 34.3. The van der Waals surface area contributed by atoms with Gasteiger partial charge in [0.2, 0.25) is 23.5 Å². The van der Waals surface area contributed by atoms with Crippen LogP contribution in [0.1, 0.15) is 82.1 Å². The average molecular weight is 636 g/mol. The van der Waals surface area contributed by atoms with Gasteiger partial charge < -0.3 is 24.7 Å². The number of rotatable bonds is 12. The molecule has 0 bridgehead atoms. The summed E-state index contributed by atoms with van der Waals surface area (Å²) in [4.78, 5) is 54.9. The van der Waals surface area contributed by atoms with Gasteiger partial charge in [-0.2, -0.15) is 0 Å². The van der Waals surface area contributed by atoms with Crippen LogP contribution in [0.4, 0.5) is 9.18 Å². The van der Waals surface area contributed by atoms with E-state index in [-0.39, 0.29) is 36.0 Å². The first-order valence-corrected chi connectivity index (χ1v) is 15.5. The molecule has 1 aliphatic heterocycles. The van der Waals surface area contributed by atoms with Crippen LogP contribution in [-0.4, -0.2) is 63.5 Å². The minimum Gasteiger partial charge on any atom is -0.445 e. The number of Topliss-reactive ketones (excluding diaryl/α,β-unsaturated/α-hetero) is 1. The molecule has 1 saturated heterocycles. The predicted octanol–water partition coefficient (Wildman–Crippen LogP) is 4.80. The molecule has 0 unspecified atom stereocenters. The summed E-state index contributed by atoms with van der Waals surface area (Å²) in [7, 11) is 0. The summed E-state index contributed by atoms with van der Waals surface area (Å²) in [6, 6.07) is 12.3. The fraction of sp³-hybridized carbons (Fsp3) is 0.471. The lowest BCUT2D eigenvalue weighted by Gasteiger charge is -2.31. The van der Waals surface area contributed by atoms with Crippen LogP contribution in [0.15, 0.2) is 59.0 Å². The Bertz CT molecular complexity index is 1520. The van der Waals surface area contributed by atoms with Gasteiger partial charge in [-0.25, -0.2) is 9.18 Å². The molecule has 246 valence electrons. The number of hydrogen-bond donors (Lipinski definition) is 2. The van der Waals surface area contributed by atoms with E-state index in [9.17, 15) is 23.6 Å². The van der Waals surface area contributed by atoms with Gasteiger partial charge in [0.1, 0.15) is 24.5 Å². The summed E-state index contributed by atoms with van der Waals surface area (Å²) in [6.07, 6.45) is 0.248. The highest BCUT2D eigenvalue weighted by Crippen LogP contribution is 2.31. The molecule has 3 amide bonds. The Kier molecular flexibility index (Phi) is 10.9. The summed E-state index contributed by atoms with van der Waals surface area (Å²) in [5.74, 6) is -2.55. The lowest BCUT2D eigenvalue weighted by molar-refractivity contribution is -0.141. The molecule has 1 aromatic heterocycles. The molecule has 0 aliphatic carbocycles. The minimum atomic E-state index is -1.00. The van der Waals surface area contributed by atoms with E-state index >= 15 is 0 Å². The Morgan fingerprint density at radius 3 is 2.24 bits per heavy atom. The maximum Gasteiger partial charge on any atom is 0.408 e. The fourth-order valence-electron chi connectivity index (χ4n) is 5.37. The second-order valence-corrected chi connectivity index (χ2v) is 12.8. The zero-order valence-corrected chi connectivity index (χ0v) is 27.1. The summed E-state index contributed by atoms with van der Waals surface area (Å²) < 4.78 is 24.6. The van der Waals surface area contributed by atoms with Gasteiger partial charge in [0.05, 0.1) is 11.5 Å². The van der Waals surface area contributed by atoms with Gasteiger partial charge >= 0.3 is 6.09 Å². The first-order chi connectivity index (χ1) is 21.8. The lowest BCUT2D eigenvalue weighted by atomic mass is 9.84. The zero-order valence-electron chi connectivity index (χ0n) is 27.1. The van der Waals surface area contributed by atoms with E-state index in [0.717, 1.165) is 11.1 Å². The van der Waals surface area contributed by atoms with Crippen LogP contribution in [-0.2, 0) is 26.3 Å². The number of hydrogen-bond acceptors (Lipinski definition) is 8. The molecule has 1 fully saturated rings. The summed E-state index contributed by atoms with van der Waals surface area (Å²) in [5, 5.41) is 13.5. The molecule has 46 heavy (non-hydrogen) atoms. The number of nitrogens with zero attached hydrogens (tertiary/aromatic N) is 3. The minimum absolute atomic E-state index is 0.0519. The number of ketones is 1. The Hall–Kier alpha value is -4.61. The Labute approximate surface area is 268 Å². The number of likely N-dealkylation sites (tertiary alicyclic amines) is 1. The molecular formula is C34H42FN5O6. The first-order valence-electron chi connectivity index (χ1n) is 15.5. The Balaban J connectivity index is 1.43. The molecule has 0 radical (unpaired) electrons. The summed E-state index contributed by atoms with van der Waals surface area (Å²) in [6.45, 7) is 11.2. The van der Waals surface area contributed by atoms with E-state index < -0.39 is 47.2 Å². The van der Waals surface area contributed by atoms with E-state index in [1.165, 1.54) is 17.0 Å². The van der Waals surface area contributed by atoms with Crippen molar-refractivity contribution in [3.63, 3.8) is 0 Å². The maximum absolute atomic E-state index is 13.7. The van der Waals surface area contributed by atoms with Crippen LogP contribution < -0.4 is 10.6 Å². The van der Waals surface area contributed by atoms with E-state index in [1.807, 2.05) is 44.2 Å². The number of carbonyl (C=O) groups is 4. The van der Waals surface area contributed by atoms with Crippen LogP contribution in [0.2, 0.25) is 0 Å². The van der Waals surface area contributed by atoms with E-state index in [1.54, 1.807) is 39.8 Å². The quantitative estimate of drug-likeness (QED) is 0.270. The predicted molar refractivity (Wildman–Crippen MR) is 167 cm³/mol. The highest BCUT2D eigenvalue weighted by molar-refractivity contribution is 6.00. The number of carbonyl (C=O) groups excluding carboxylic acids is 4. The third-order valence-corrected chi connectivity index (χ3v) is 8.24. The smallest absolute Gasteiger partial charge is 0.408 e. The monoisotopic (exact) mass is 635 g/mol. The van der Waals surface area contributed by atoms with Crippen molar-refractivity contribution in [1.82, 2.24) is 25.7 Å². The molecule has 1 aliphatic rings. The standard InChI is InChI=1S/C34H42FN5O6/c1-20(2)26(28(41)30-38-39-32(46-30)34(5,6)23-14-16-24(35)17-15-23)36-29(42)25-13-10-18-40(25)31(43)27(21(3)4)37-33(44)45-19-22-11-8-7-9-12-22/h7-9,11-12,14-17,20-21,25-27H,10,13,18-19H2,1-6H3,(H,36,42)(H,37,44)/t25-,26+,27-/m0/s1. The highest BCUT2D eigenvalue weighted by Gasteiger charge is 2.41. The number of nitrogens with one attached hydrogen (secondary N) is 2. The molecule has 11 nitrogen and oxygen atoms in total. The molecule has 2 N–H and O–H groups in total. The van der Waals surface area contributed by atoms with Crippen LogP contribution in [0.5, 0.6) is 0 Å². The third kappa shape index (κ3) is 7.96. The Morgan fingerprint density at radius 2 is 1.61 bits per heavy atom. The third-order valence-electron chi connectivity index (χ3n) is 8.24. The second kappa shape index (κ2) is 14.7. The van der Waals surface area contributed by atoms with Crippen molar-refractivity contribution < 1.29 is 32.7 Å². The zero-order chi connectivity index (χ0) is 33.6. The molecule has 3 aromatic rings. The normalized spacial score (nSPS) is 16.3. The Morgan fingerprint density at radius 1 is 0.957 bits per heavy atom. The van der Waals surface area contributed by atoms with Crippen LogP contribution in [0.25, 0.3) is 0 Å². The molecular weight excluding hydrogens is 593 g/mol. The average Bonchev–Trinajstić information content (AvgIpc) is 3.73. The summed E-state index contributed by atoms with van der Waals surface area (Å²) >= 11 is 0. The molecule has 2 aromatic carbocycles. The van der Waals surface area contributed by atoms with Crippen molar-refractivity contribution in [3.8, 4) is 0 Å². The number of alkyl carbamates (subject to hydrolysis) is 1. The molecule has 2 heterocycles. The van der Waals surface area contributed by atoms with Gasteiger partial charge in [-0.3, -0.25) is 14.4 Å². The topological polar surface area (TPSA) is 144 Å². The van der Waals surface area contributed by atoms with Crippen LogP contribution >= 0.6 is 0 Å². The number of halogens is 1. The van der Waals surface area contributed by atoms with E-state index in [0.29, 0.717) is 19.4 Å². The van der Waals surface area contributed by atoms with Crippen molar-refractivity contribution in [2.75, 3.05) is 6.54 Å². The number of ether oxygens (including phenoxy) is 1. The largest absolute Gasteiger partial charge is 0.445 e. The van der Waals surface area contributed by atoms with Crippen LogP contribution in [0.3, 0.4) is 0 Å². The van der Waals surface area contributed by atoms with Crippen molar-refractivity contribution in [2.45, 2.75) is 84.5 Å². The van der Waals surface area contributed by atoms with Gasteiger partial charge in [-0.05, 0) is 61.8 Å². The second-order valence-electron chi connectivity index (χ2n) is 12.8. The van der Waals surface area contributed by atoms with Gasteiger partial charge in [0.25, 0.3) is 5.89 Å². The fourth-order valence-corrected chi connectivity index (χ4v) is 5.37. The molecule has 12 heteroatoms. The lowest BCUT2D eigenvalue weighted by Crippen LogP contribution is -2.57. The van der Waals surface area contributed by atoms with Gasteiger partial charge in [0.15, 0.2) is 0 Å². The number of aromatic nitrogens is 2. The van der Waals surface area contributed by atoms with E-state index in [2.05, 4.69) is 20.8 Å². The van der Waals surface area contributed by atoms with Crippen molar-refractivity contribution in [1.29, 1.82) is 0 Å². The number of amides is 3. The summed E-state index contributed by atoms with van der Waals surface area (Å²) in [5.41, 5.74) is 0.717. The maximum atomic E-state index is 13.7.